The number of benzene rings is 1. The van der Waals surface area contributed by atoms with Crippen molar-refractivity contribution in [3.8, 4) is 0 Å². The number of nitrogens with zero attached hydrogens (tertiary/aromatic N) is 3. The molecule has 0 spiro atoms. The van der Waals surface area contributed by atoms with E-state index in [4.69, 9.17) is 0 Å². The first kappa shape index (κ1) is 11.8. The van der Waals surface area contributed by atoms with Gasteiger partial charge in [-0.15, -0.1) is 0 Å². The fraction of sp³-hybridized carbons (Fsp3) is 0.400. The van der Waals surface area contributed by atoms with Gasteiger partial charge < -0.3 is 14.5 Å². The predicted octanol–water partition coefficient (Wildman–Crippen LogP) is -0.279. The number of anilines is 3. The van der Waals surface area contributed by atoms with E-state index in [9.17, 15) is 0 Å². The Kier molecular flexibility index (Phi) is 3.56. The molecule has 0 bridgehead atoms. The Balaban J connectivity index is 3.20. The summed E-state index contributed by atoms with van der Waals surface area (Å²) in [7, 11) is 12.4. The second kappa shape index (κ2) is 4.51. The molecule has 80 valence electrons. The number of hydrogen-bond donors (Lipinski definition) is 0. The second-order valence-electron chi connectivity index (χ2n) is 4.39. The van der Waals surface area contributed by atoms with E-state index in [2.05, 4.69) is 76.9 Å². The van der Waals surface area contributed by atoms with Crippen molar-refractivity contribution < 1.29 is 0 Å². The minimum atomic E-state index is 1.23. The lowest BCUT2D eigenvalue weighted by Gasteiger charge is -2.23. The SMILES string of the molecule is BN(C)c1cc(N(B)C)cc(N(C)C)c1. The molecular formula is C10H19B2N3. The van der Waals surface area contributed by atoms with Crippen LogP contribution in [0.4, 0.5) is 17.1 Å². The van der Waals surface area contributed by atoms with Gasteiger partial charge in [0.1, 0.15) is 0 Å². The highest BCUT2D eigenvalue weighted by molar-refractivity contribution is 6.19. The number of hydrogen-bond acceptors (Lipinski definition) is 3. The summed E-state index contributed by atoms with van der Waals surface area (Å²) in [5, 5.41) is 0. The molecule has 15 heavy (non-hydrogen) atoms. The molecule has 0 aromatic heterocycles. The third kappa shape index (κ3) is 2.85. The summed E-state index contributed by atoms with van der Waals surface area (Å²) in [6, 6.07) is 6.56. The van der Waals surface area contributed by atoms with Crippen LogP contribution in [0.1, 0.15) is 0 Å². The lowest BCUT2D eigenvalue weighted by atomic mass is 10.1. The smallest absolute Gasteiger partial charge is 0.217 e. The fourth-order valence-electron chi connectivity index (χ4n) is 1.35. The maximum absolute atomic E-state index is 2.19. The van der Waals surface area contributed by atoms with Crippen LogP contribution < -0.4 is 14.5 Å². The van der Waals surface area contributed by atoms with Gasteiger partial charge in [0.05, 0.1) is 0 Å². The molecule has 0 aliphatic heterocycles. The predicted molar refractivity (Wildman–Crippen MR) is 74.7 cm³/mol. The molecule has 1 aromatic rings. The standard InChI is InChI=1S/C10H19B2N3/c1-13(2)8-5-9(14(3)11)7-10(6-8)15(4)12/h5-7H,11-12H2,1-4H3. The summed E-state index contributed by atoms with van der Waals surface area (Å²) >= 11 is 0. The molecule has 5 heteroatoms. The monoisotopic (exact) mass is 203 g/mol. The summed E-state index contributed by atoms with van der Waals surface area (Å²) in [4.78, 5) is 6.38. The zero-order chi connectivity index (χ0) is 11.6. The van der Waals surface area contributed by atoms with Gasteiger partial charge in [0, 0.05) is 31.2 Å². The highest BCUT2D eigenvalue weighted by Crippen LogP contribution is 2.26. The molecule has 0 unspecified atom stereocenters. The van der Waals surface area contributed by atoms with E-state index in [1.165, 1.54) is 17.1 Å². The molecule has 0 saturated heterocycles. The topological polar surface area (TPSA) is 9.72 Å². The van der Waals surface area contributed by atoms with Gasteiger partial charge in [0.25, 0.3) is 0 Å². The first-order valence-corrected chi connectivity index (χ1v) is 5.09. The molecule has 1 aromatic carbocycles. The largest absolute Gasteiger partial charge is 0.424 e. The van der Waals surface area contributed by atoms with E-state index in [0.29, 0.717) is 0 Å². The third-order valence-corrected chi connectivity index (χ3v) is 2.44. The molecule has 0 atom stereocenters. The lowest BCUT2D eigenvalue weighted by molar-refractivity contribution is 1.13. The molecule has 3 nitrogen and oxygen atoms in total. The molecule has 0 fully saturated rings. The average Bonchev–Trinajstić information content (AvgIpc) is 2.16. The van der Waals surface area contributed by atoms with Crippen molar-refractivity contribution in [3.63, 3.8) is 0 Å². The first-order valence-electron chi connectivity index (χ1n) is 5.09. The quantitative estimate of drug-likeness (QED) is 0.625. The van der Waals surface area contributed by atoms with E-state index in [1.54, 1.807) is 0 Å². The van der Waals surface area contributed by atoms with Crippen LogP contribution in [0.3, 0.4) is 0 Å². The highest BCUT2D eigenvalue weighted by atomic mass is 15.1. The fourth-order valence-corrected chi connectivity index (χ4v) is 1.35. The van der Waals surface area contributed by atoms with Gasteiger partial charge >= 0.3 is 0 Å². The first-order chi connectivity index (χ1) is 6.91. The van der Waals surface area contributed by atoms with Crippen LogP contribution in [0.5, 0.6) is 0 Å². The van der Waals surface area contributed by atoms with Crippen molar-refractivity contribution >= 4 is 33.0 Å². The summed E-state index contributed by atoms with van der Waals surface area (Å²) in [6.45, 7) is 0. The van der Waals surface area contributed by atoms with Gasteiger partial charge in [-0.3, -0.25) is 0 Å². The minimum absolute atomic E-state index is 1.23. The molecule has 0 amide bonds. The van der Waals surface area contributed by atoms with Gasteiger partial charge in [-0.1, -0.05) is 0 Å². The van der Waals surface area contributed by atoms with Crippen LogP contribution in [0.15, 0.2) is 18.2 Å². The van der Waals surface area contributed by atoms with Gasteiger partial charge in [-0.05, 0) is 32.3 Å². The van der Waals surface area contributed by atoms with Crippen LogP contribution in [0, 0.1) is 0 Å². The van der Waals surface area contributed by atoms with E-state index in [-0.39, 0.29) is 0 Å². The van der Waals surface area contributed by atoms with Crippen molar-refractivity contribution in [2.45, 2.75) is 0 Å². The summed E-state index contributed by atoms with van der Waals surface area (Å²) in [5.74, 6) is 0. The molecule has 0 saturated carbocycles. The maximum atomic E-state index is 2.19. The van der Waals surface area contributed by atoms with E-state index >= 15 is 0 Å². The van der Waals surface area contributed by atoms with Crippen LogP contribution in [-0.2, 0) is 0 Å². The average molecular weight is 203 g/mol. The Morgan fingerprint density at radius 1 is 0.733 bits per heavy atom. The molecule has 0 N–H and O–H groups in total. The van der Waals surface area contributed by atoms with E-state index in [0.717, 1.165) is 0 Å². The van der Waals surface area contributed by atoms with Crippen molar-refractivity contribution in [2.24, 2.45) is 0 Å². The van der Waals surface area contributed by atoms with Gasteiger partial charge in [0.2, 0.25) is 16.0 Å². The Hall–Kier alpha value is -1.25. The normalized spacial score (nSPS) is 9.87. The van der Waals surface area contributed by atoms with Crippen LogP contribution in [0.25, 0.3) is 0 Å². The van der Waals surface area contributed by atoms with Gasteiger partial charge in [-0.2, -0.15) is 0 Å². The molecule has 0 aliphatic rings. The molecule has 0 heterocycles. The number of rotatable bonds is 3. The maximum Gasteiger partial charge on any atom is 0.217 e. The lowest BCUT2D eigenvalue weighted by Crippen LogP contribution is -2.17. The Morgan fingerprint density at radius 3 is 1.33 bits per heavy atom. The van der Waals surface area contributed by atoms with E-state index < -0.39 is 0 Å². The molecular weight excluding hydrogens is 184 g/mol. The third-order valence-electron chi connectivity index (χ3n) is 2.44. The van der Waals surface area contributed by atoms with Crippen molar-refractivity contribution in [2.75, 3.05) is 42.7 Å². The minimum Gasteiger partial charge on any atom is -0.424 e. The van der Waals surface area contributed by atoms with Crippen molar-refractivity contribution in [3.05, 3.63) is 18.2 Å². The van der Waals surface area contributed by atoms with Crippen LogP contribution in [0.2, 0.25) is 0 Å². The van der Waals surface area contributed by atoms with Crippen LogP contribution >= 0.6 is 0 Å². The van der Waals surface area contributed by atoms with Crippen LogP contribution in [-0.4, -0.2) is 44.2 Å². The Morgan fingerprint density at radius 2 is 1.07 bits per heavy atom. The summed E-state index contributed by atoms with van der Waals surface area (Å²) in [5.41, 5.74) is 3.68. The summed E-state index contributed by atoms with van der Waals surface area (Å²) in [6.07, 6.45) is 0. The van der Waals surface area contributed by atoms with Gasteiger partial charge in [-0.25, -0.2) is 0 Å². The molecule has 1 rings (SSSR count). The summed E-state index contributed by atoms with van der Waals surface area (Å²) < 4.78 is 0. The van der Waals surface area contributed by atoms with Crippen molar-refractivity contribution in [1.82, 2.24) is 0 Å². The second-order valence-corrected chi connectivity index (χ2v) is 4.39. The van der Waals surface area contributed by atoms with E-state index in [1.807, 2.05) is 0 Å². The zero-order valence-electron chi connectivity index (χ0n) is 10.6. The highest BCUT2D eigenvalue weighted by Gasteiger charge is 2.04. The Labute approximate surface area is 94.5 Å². The molecule has 0 radical (unpaired) electrons. The zero-order valence-corrected chi connectivity index (χ0v) is 10.6. The molecule has 0 aliphatic carbocycles. The Bertz CT molecular complexity index is 273. The van der Waals surface area contributed by atoms with Gasteiger partial charge in [0.15, 0.2) is 0 Å². The van der Waals surface area contributed by atoms with Crippen molar-refractivity contribution in [1.29, 1.82) is 0 Å².